The Morgan fingerprint density at radius 3 is 2.35 bits per heavy atom. The van der Waals surface area contributed by atoms with Crippen molar-refractivity contribution in [2.75, 3.05) is 5.32 Å². The second-order valence-electron chi connectivity index (χ2n) is 4.94. The van der Waals surface area contributed by atoms with E-state index in [0.717, 1.165) is 0 Å². The molecule has 3 N–H and O–H groups in total. The van der Waals surface area contributed by atoms with Gasteiger partial charge < -0.3 is 10.4 Å². The highest BCUT2D eigenvalue weighted by Crippen LogP contribution is 2.22. The lowest BCUT2D eigenvalue weighted by Gasteiger charge is -2.11. The van der Waals surface area contributed by atoms with Gasteiger partial charge in [0.2, 0.25) is 5.91 Å². The quantitative estimate of drug-likeness (QED) is 0.477. The largest absolute Gasteiger partial charge is 0.478 e. The third-order valence-corrected chi connectivity index (χ3v) is 4.08. The number of amides is 1. The van der Waals surface area contributed by atoms with Crippen LogP contribution < -0.4 is 10.6 Å². The van der Waals surface area contributed by atoms with E-state index in [0.29, 0.717) is 15.6 Å². The Morgan fingerprint density at radius 2 is 1.69 bits per heavy atom. The van der Waals surface area contributed by atoms with Gasteiger partial charge in [-0.1, -0.05) is 40.9 Å². The first kappa shape index (κ1) is 20.2. The van der Waals surface area contributed by atoms with Gasteiger partial charge in [-0.3, -0.25) is 10.1 Å². The molecule has 0 aliphatic rings. The summed E-state index contributed by atoms with van der Waals surface area (Å²) in [6.45, 7) is 0. The van der Waals surface area contributed by atoms with Crippen LogP contribution in [0.4, 0.5) is 5.69 Å². The molecule has 0 aromatic heterocycles. The number of aromatic carboxylic acids is 1. The lowest BCUT2D eigenvalue weighted by atomic mass is 10.2. The smallest absolute Gasteiger partial charge is 0.337 e. The molecule has 0 aliphatic carbocycles. The molecule has 26 heavy (non-hydrogen) atoms. The van der Waals surface area contributed by atoms with E-state index in [9.17, 15) is 14.7 Å². The van der Waals surface area contributed by atoms with Crippen LogP contribution in [0.15, 0.2) is 42.5 Å². The van der Waals surface area contributed by atoms with Crippen LogP contribution in [0.25, 0.3) is 6.08 Å². The maximum Gasteiger partial charge on any atom is 0.337 e. The van der Waals surface area contributed by atoms with Crippen molar-refractivity contribution < 1.29 is 14.7 Å². The lowest BCUT2D eigenvalue weighted by molar-refractivity contribution is -0.115. The van der Waals surface area contributed by atoms with E-state index in [-0.39, 0.29) is 21.4 Å². The van der Waals surface area contributed by atoms with Gasteiger partial charge in [0.15, 0.2) is 5.11 Å². The average Bonchev–Trinajstić information content (AvgIpc) is 2.55. The standard InChI is InChI=1S/C17H11Cl3N2O3S/c18-10-4-5-14(12(7-10)16(24)25)21-17(26)22-15(23)6-2-9-1-3-11(19)8-13(9)20/h1-8H,(H,24,25)(H2,21,22,23,26). The van der Waals surface area contributed by atoms with Crippen molar-refractivity contribution in [3.8, 4) is 0 Å². The molecule has 2 aromatic carbocycles. The fourth-order valence-corrected chi connectivity index (χ4v) is 2.77. The van der Waals surface area contributed by atoms with Gasteiger partial charge in [0.25, 0.3) is 0 Å². The highest BCUT2D eigenvalue weighted by atomic mass is 35.5. The first-order valence-corrected chi connectivity index (χ1v) is 8.58. The maximum absolute atomic E-state index is 11.9. The Labute approximate surface area is 169 Å². The maximum atomic E-state index is 11.9. The molecule has 0 heterocycles. The van der Waals surface area contributed by atoms with Crippen molar-refractivity contribution in [1.82, 2.24) is 5.32 Å². The second-order valence-corrected chi connectivity index (χ2v) is 6.63. The van der Waals surface area contributed by atoms with Gasteiger partial charge >= 0.3 is 5.97 Å². The number of carboxylic acid groups (broad SMARTS) is 1. The minimum Gasteiger partial charge on any atom is -0.478 e. The number of carbonyl (C=O) groups is 2. The molecule has 0 spiro atoms. The van der Waals surface area contributed by atoms with Gasteiger partial charge in [0.05, 0.1) is 11.3 Å². The Morgan fingerprint density at radius 1 is 1.04 bits per heavy atom. The first-order valence-electron chi connectivity index (χ1n) is 7.04. The van der Waals surface area contributed by atoms with Crippen molar-refractivity contribution in [3.63, 3.8) is 0 Å². The van der Waals surface area contributed by atoms with Gasteiger partial charge in [-0.25, -0.2) is 4.79 Å². The number of anilines is 1. The summed E-state index contributed by atoms with van der Waals surface area (Å²) in [7, 11) is 0. The van der Waals surface area contributed by atoms with Crippen molar-refractivity contribution in [1.29, 1.82) is 0 Å². The molecular formula is C17H11Cl3N2O3S. The highest BCUT2D eigenvalue weighted by Gasteiger charge is 2.12. The van der Waals surface area contributed by atoms with Crippen LogP contribution in [0.5, 0.6) is 0 Å². The lowest BCUT2D eigenvalue weighted by Crippen LogP contribution is -2.33. The van der Waals surface area contributed by atoms with Crippen LogP contribution in [-0.4, -0.2) is 22.1 Å². The summed E-state index contributed by atoms with van der Waals surface area (Å²) >= 11 is 22.6. The summed E-state index contributed by atoms with van der Waals surface area (Å²) in [5, 5.41) is 15.3. The van der Waals surface area contributed by atoms with Crippen molar-refractivity contribution in [2.24, 2.45) is 0 Å². The van der Waals surface area contributed by atoms with Gasteiger partial charge in [-0.2, -0.15) is 0 Å². The molecule has 0 radical (unpaired) electrons. The third-order valence-electron chi connectivity index (χ3n) is 3.07. The number of benzene rings is 2. The predicted octanol–water partition coefficient (Wildman–Crippen LogP) is 4.87. The summed E-state index contributed by atoms with van der Waals surface area (Å²) in [5.74, 6) is -1.69. The van der Waals surface area contributed by atoms with E-state index < -0.39 is 11.9 Å². The molecule has 5 nitrogen and oxygen atoms in total. The zero-order valence-corrected chi connectivity index (χ0v) is 16.0. The minimum absolute atomic E-state index is 0.0633. The summed E-state index contributed by atoms with van der Waals surface area (Å²) in [5.41, 5.74) is 0.741. The minimum atomic E-state index is -1.18. The molecule has 0 saturated carbocycles. The Balaban J connectivity index is 2.03. The number of hydrogen-bond donors (Lipinski definition) is 3. The fourth-order valence-electron chi connectivity index (χ4n) is 1.91. The van der Waals surface area contributed by atoms with Gasteiger partial charge in [0, 0.05) is 21.1 Å². The number of hydrogen-bond acceptors (Lipinski definition) is 3. The molecular weight excluding hydrogens is 419 g/mol. The van der Waals surface area contributed by atoms with E-state index >= 15 is 0 Å². The molecule has 0 saturated heterocycles. The van der Waals surface area contributed by atoms with E-state index in [1.165, 1.54) is 30.4 Å². The van der Waals surface area contributed by atoms with Crippen molar-refractivity contribution >= 4 is 75.8 Å². The molecule has 0 aliphatic heterocycles. The molecule has 0 fully saturated rings. The molecule has 1 amide bonds. The normalized spacial score (nSPS) is 10.6. The average molecular weight is 430 g/mol. The highest BCUT2D eigenvalue weighted by molar-refractivity contribution is 7.80. The van der Waals surface area contributed by atoms with Gasteiger partial charge in [-0.15, -0.1) is 0 Å². The van der Waals surface area contributed by atoms with Crippen LogP contribution >= 0.6 is 47.0 Å². The van der Waals surface area contributed by atoms with Gasteiger partial charge in [0.1, 0.15) is 0 Å². The van der Waals surface area contributed by atoms with E-state index in [4.69, 9.17) is 47.0 Å². The number of carboxylic acids is 1. The number of rotatable bonds is 4. The van der Waals surface area contributed by atoms with Crippen LogP contribution in [-0.2, 0) is 4.79 Å². The van der Waals surface area contributed by atoms with Crippen molar-refractivity contribution in [2.45, 2.75) is 0 Å². The Hall–Kier alpha value is -2.12. The summed E-state index contributed by atoms with van der Waals surface area (Å²) in [6.07, 6.45) is 2.74. The topological polar surface area (TPSA) is 78.4 Å². The summed E-state index contributed by atoms with van der Waals surface area (Å²) in [6, 6.07) is 9.10. The fraction of sp³-hybridized carbons (Fsp3) is 0. The molecule has 2 rings (SSSR count). The van der Waals surface area contributed by atoms with Crippen LogP contribution in [0.2, 0.25) is 15.1 Å². The first-order chi connectivity index (χ1) is 12.3. The molecule has 9 heteroatoms. The zero-order chi connectivity index (χ0) is 19.3. The molecule has 134 valence electrons. The van der Waals surface area contributed by atoms with Crippen LogP contribution in [0.1, 0.15) is 15.9 Å². The summed E-state index contributed by atoms with van der Waals surface area (Å²) in [4.78, 5) is 23.2. The SMILES string of the molecule is O=C(C=Cc1ccc(Cl)cc1Cl)NC(=S)Nc1ccc(Cl)cc1C(=O)O. The third kappa shape index (κ3) is 5.71. The van der Waals surface area contributed by atoms with Gasteiger partial charge in [-0.05, 0) is 54.2 Å². The number of carbonyl (C=O) groups excluding carboxylic acids is 1. The van der Waals surface area contributed by atoms with Crippen LogP contribution in [0.3, 0.4) is 0 Å². The molecule has 0 atom stereocenters. The van der Waals surface area contributed by atoms with Crippen LogP contribution in [0, 0.1) is 0 Å². The predicted molar refractivity (Wildman–Crippen MR) is 108 cm³/mol. The number of thiocarbonyl (C=S) groups is 1. The monoisotopic (exact) mass is 428 g/mol. The Bertz CT molecular complexity index is 916. The number of halogens is 3. The Kier molecular flexibility index (Phi) is 6.99. The summed E-state index contributed by atoms with van der Waals surface area (Å²) < 4.78 is 0. The second kappa shape index (κ2) is 9.00. The van der Waals surface area contributed by atoms with Crippen molar-refractivity contribution in [3.05, 3.63) is 68.7 Å². The van der Waals surface area contributed by atoms with E-state index in [2.05, 4.69) is 10.6 Å². The molecule has 0 unspecified atom stereocenters. The van der Waals surface area contributed by atoms with E-state index in [1.807, 2.05) is 0 Å². The zero-order valence-electron chi connectivity index (χ0n) is 12.9. The van der Waals surface area contributed by atoms with E-state index in [1.54, 1.807) is 18.2 Å². The molecule has 0 bridgehead atoms. The number of nitrogens with one attached hydrogen (secondary N) is 2. The molecule has 2 aromatic rings.